The zero-order valence-electron chi connectivity index (χ0n) is 10.6. The fraction of sp³-hybridized carbons (Fsp3) is 0.818. The molecule has 0 aliphatic heterocycles. The number of carbonyl (C=O) groups excluding carboxylic acids is 1. The lowest BCUT2D eigenvalue weighted by Crippen LogP contribution is -2.43. The van der Waals surface area contributed by atoms with E-state index in [1.807, 2.05) is 6.92 Å². The second-order valence-corrected chi connectivity index (χ2v) is 5.80. The van der Waals surface area contributed by atoms with Gasteiger partial charge in [-0.2, -0.15) is 0 Å². The van der Waals surface area contributed by atoms with Gasteiger partial charge in [-0.3, -0.25) is 9.00 Å². The van der Waals surface area contributed by atoms with Crippen molar-refractivity contribution in [2.45, 2.75) is 39.7 Å². The maximum Gasteiger partial charge on any atom is 0.327 e. The summed E-state index contributed by atoms with van der Waals surface area (Å²) in [5, 5.41) is 11.1. The first-order valence-electron chi connectivity index (χ1n) is 5.71. The minimum Gasteiger partial charge on any atom is -0.480 e. The third kappa shape index (κ3) is 7.90. The van der Waals surface area contributed by atoms with E-state index in [1.165, 1.54) is 6.92 Å². The summed E-state index contributed by atoms with van der Waals surface area (Å²) in [6, 6.07) is -1.05. The summed E-state index contributed by atoms with van der Waals surface area (Å²) in [5.74, 6) is -0.791. The second-order valence-electron chi connectivity index (χ2n) is 4.26. The van der Waals surface area contributed by atoms with Crippen molar-refractivity contribution < 1.29 is 18.9 Å². The van der Waals surface area contributed by atoms with E-state index in [0.717, 1.165) is 12.8 Å². The van der Waals surface area contributed by atoms with Crippen LogP contribution in [0.25, 0.3) is 0 Å². The molecule has 0 heterocycles. The van der Waals surface area contributed by atoms with Crippen LogP contribution in [0.1, 0.15) is 33.6 Å². The molecule has 0 fully saturated rings. The fourth-order valence-electron chi connectivity index (χ4n) is 1.57. The SMILES string of the molecule is CCCC(C)CS(=O)CC(NC(C)=O)C(=O)O. The van der Waals surface area contributed by atoms with Crippen LogP contribution >= 0.6 is 0 Å². The number of rotatable bonds is 8. The van der Waals surface area contributed by atoms with Crippen molar-refractivity contribution in [2.75, 3.05) is 11.5 Å². The number of hydrogen-bond donors (Lipinski definition) is 2. The van der Waals surface area contributed by atoms with Gasteiger partial charge in [0, 0.05) is 23.5 Å². The summed E-state index contributed by atoms with van der Waals surface area (Å²) in [7, 11) is -1.21. The summed E-state index contributed by atoms with van der Waals surface area (Å²) in [4.78, 5) is 21.6. The Morgan fingerprint density at radius 2 is 1.94 bits per heavy atom. The molecule has 0 radical (unpaired) electrons. The van der Waals surface area contributed by atoms with Gasteiger partial charge >= 0.3 is 5.97 Å². The molecule has 0 aromatic rings. The molecule has 0 rings (SSSR count). The Balaban J connectivity index is 4.21. The predicted molar refractivity (Wildman–Crippen MR) is 67.2 cm³/mol. The molecule has 6 heteroatoms. The van der Waals surface area contributed by atoms with Gasteiger partial charge in [-0.25, -0.2) is 4.79 Å². The average Bonchev–Trinajstić information content (AvgIpc) is 2.15. The molecule has 1 amide bonds. The number of carboxylic acids is 1. The number of hydrogen-bond acceptors (Lipinski definition) is 3. The van der Waals surface area contributed by atoms with Gasteiger partial charge < -0.3 is 10.4 Å². The minimum atomic E-state index is -1.21. The summed E-state index contributed by atoms with van der Waals surface area (Å²) < 4.78 is 11.7. The maximum absolute atomic E-state index is 11.7. The molecule has 2 N–H and O–H groups in total. The third-order valence-corrected chi connectivity index (χ3v) is 3.93. The van der Waals surface area contributed by atoms with E-state index >= 15 is 0 Å². The third-order valence-electron chi connectivity index (χ3n) is 2.28. The molecule has 3 atom stereocenters. The molecule has 5 nitrogen and oxygen atoms in total. The van der Waals surface area contributed by atoms with Crippen LogP contribution in [0.2, 0.25) is 0 Å². The van der Waals surface area contributed by atoms with Crippen molar-refractivity contribution in [3.63, 3.8) is 0 Å². The lowest BCUT2D eigenvalue weighted by atomic mass is 10.1. The highest BCUT2D eigenvalue weighted by molar-refractivity contribution is 7.85. The molecular weight excluding hydrogens is 242 g/mol. The Labute approximate surface area is 104 Å². The monoisotopic (exact) mass is 263 g/mol. The number of carboxylic acid groups (broad SMARTS) is 1. The lowest BCUT2D eigenvalue weighted by molar-refractivity contribution is -0.140. The maximum atomic E-state index is 11.7. The van der Waals surface area contributed by atoms with Crippen molar-refractivity contribution in [2.24, 2.45) is 5.92 Å². The molecule has 0 bridgehead atoms. The highest BCUT2D eigenvalue weighted by Gasteiger charge is 2.21. The quantitative estimate of drug-likeness (QED) is 0.677. The van der Waals surface area contributed by atoms with Crippen molar-refractivity contribution in [1.82, 2.24) is 5.32 Å². The smallest absolute Gasteiger partial charge is 0.327 e. The summed E-state index contributed by atoms with van der Waals surface area (Å²) in [6.07, 6.45) is 2.00. The Morgan fingerprint density at radius 3 is 2.35 bits per heavy atom. The van der Waals surface area contributed by atoms with Crippen LogP contribution in [-0.2, 0) is 20.4 Å². The van der Waals surface area contributed by atoms with Crippen molar-refractivity contribution >= 4 is 22.7 Å². The predicted octanol–water partition coefficient (Wildman–Crippen LogP) is 0.761. The minimum absolute atomic E-state index is 0.0248. The Morgan fingerprint density at radius 1 is 1.35 bits per heavy atom. The van der Waals surface area contributed by atoms with Gasteiger partial charge in [-0.05, 0) is 5.92 Å². The van der Waals surface area contributed by atoms with Gasteiger partial charge in [0.25, 0.3) is 0 Å². The van der Waals surface area contributed by atoms with Crippen LogP contribution in [-0.4, -0.2) is 38.7 Å². The van der Waals surface area contributed by atoms with E-state index in [1.54, 1.807) is 0 Å². The molecule has 0 spiro atoms. The van der Waals surface area contributed by atoms with Crippen LogP contribution in [0, 0.1) is 5.92 Å². The molecule has 0 saturated carbocycles. The molecule has 0 aromatic heterocycles. The average molecular weight is 263 g/mol. The summed E-state index contributed by atoms with van der Waals surface area (Å²) >= 11 is 0. The molecular formula is C11H21NO4S. The molecule has 0 aliphatic rings. The lowest BCUT2D eigenvalue weighted by Gasteiger charge is -2.14. The van der Waals surface area contributed by atoms with Crippen molar-refractivity contribution in [3.05, 3.63) is 0 Å². The van der Waals surface area contributed by atoms with Crippen LogP contribution < -0.4 is 5.32 Å². The van der Waals surface area contributed by atoms with E-state index in [0.29, 0.717) is 11.7 Å². The highest BCUT2D eigenvalue weighted by Crippen LogP contribution is 2.07. The van der Waals surface area contributed by atoms with Crippen LogP contribution in [0.5, 0.6) is 0 Å². The number of nitrogens with one attached hydrogen (secondary N) is 1. The standard InChI is InChI=1S/C11H21NO4S/c1-4-5-8(2)6-17(16)7-10(11(14)15)12-9(3)13/h8,10H,4-7H2,1-3H3,(H,12,13)(H,14,15). The molecule has 0 aromatic carbocycles. The van der Waals surface area contributed by atoms with Gasteiger partial charge in [0.05, 0.1) is 5.75 Å². The second kappa shape index (κ2) is 8.22. The Bertz CT molecular complexity index is 293. The van der Waals surface area contributed by atoms with Gasteiger partial charge in [-0.1, -0.05) is 26.7 Å². The van der Waals surface area contributed by atoms with E-state index in [-0.39, 0.29) is 5.75 Å². The number of amides is 1. The van der Waals surface area contributed by atoms with E-state index in [4.69, 9.17) is 5.11 Å². The largest absolute Gasteiger partial charge is 0.480 e. The first-order valence-corrected chi connectivity index (χ1v) is 7.20. The van der Waals surface area contributed by atoms with Crippen LogP contribution in [0.4, 0.5) is 0 Å². The summed E-state index contributed by atoms with van der Waals surface area (Å²) in [6.45, 7) is 5.30. The highest BCUT2D eigenvalue weighted by atomic mass is 32.2. The van der Waals surface area contributed by atoms with Gasteiger partial charge in [0.15, 0.2) is 0 Å². The zero-order chi connectivity index (χ0) is 13.4. The topological polar surface area (TPSA) is 83.5 Å². The number of carbonyl (C=O) groups is 2. The van der Waals surface area contributed by atoms with E-state index in [9.17, 15) is 13.8 Å². The van der Waals surface area contributed by atoms with Gasteiger partial charge in [0.2, 0.25) is 5.91 Å². The van der Waals surface area contributed by atoms with Crippen molar-refractivity contribution in [3.8, 4) is 0 Å². The molecule has 3 unspecified atom stereocenters. The van der Waals surface area contributed by atoms with Gasteiger partial charge in [-0.15, -0.1) is 0 Å². The van der Waals surface area contributed by atoms with E-state index < -0.39 is 28.7 Å². The van der Waals surface area contributed by atoms with Gasteiger partial charge in [0.1, 0.15) is 6.04 Å². The first kappa shape index (κ1) is 16.1. The molecule has 100 valence electrons. The normalized spacial score (nSPS) is 15.9. The molecule has 0 aliphatic carbocycles. The molecule has 17 heavy (non-hydrogen) atoms. The Kier molecular flexibility index (Phi) is 7.78. The zero-order valence-corrected chi connectivity index (χ0v) is 11.4. The number of aliphatic carboxylic acids is 1. The fourth-order valence-corrected chi connectivity index (χ4v) is 3.10. The van der Waals surface area contributed by atoms with E-state index in [2.05, 4.69) is 12.2 Å². The molecule has 0 saturated heterocycles. The Hall–Kier alpha value is -0.910. The first-order chi connectivity index (χ1) is 7.86. The van der Waals surface area contributed by atoms with Crippen molar-refractivity contribution in [1.29, 1.82) is 0 Å². The summed E-state index contributed by atoms with van der Waals surface area (Å²) in [5.41, 5.74) is 0. The van der Waals surface area contributed by atoms with Crippen LogP contribution in [0.3, 0.4) is 0 Å². The van der Waals surface area contributed by atoms with Crippen LogP contribution in [0.15, 0.2) is 0 Å².